The number of aromatic carboxylic acids is 1. The van der Waals surface area contributed by atoms with Crippen molar-refractivity contribution in [2.45, 2.75) is 6.92 Å². The lowest BCUT2D eigenvalue weighted by atomic mass is 10.2. The molecule has 2 rings (SSSR count). The monoisotopic (exact) mass is 307 g/mol. The molecule has 1 N–H and O–H groups in total. The first kappa shape index (κ1) is 12.6. The molecule has 0 amide bonds. The summed E-state index contributed by atoms with van der Waals surface area (Å²) in [5, 5.41) is 8.90. The molecular formula is C13H10BrNO3. The molecule has 0 radical (unpaired) electrons. The van der Waals surface area contributed by atoms with E-state index in [2.05, 4.69) is 20.9 Å². The minimum atomic E-state index is -0.992. The Hall–Kier alpha value is -1.88. The number of hydrogen-bond acceptors (Lipinski definition) is 3. The Labute approximate surface area is 112 Å². The largest absolute Gasteiger partial charge is 0.478 e. The van der Waals surface area contributed by atoms with Crippen LogP contribution in [0.25, 0.3) is 0 Å². The van der Waals surface area contributed by atoms with E-state index in [4.69, 9.17) is 9.84 Å². The molecule has 1 aromatic carbocycles. The highest BCUT2D eigenvalue weighted by atomic mass is 79.9. The first-order chi connectivity index (χ1) is 8.56. The standard InChI is InChI=1S/C13H10BrNO3/c1-8-11(13(16)17)5-6-12(15-8)18-10-4-2-3-9(14)7-10/h2-7H,1H3,(H,16,17). The normalized spacial score (nSPS) is 10.1. The summed E-state index contributed by atoms with van der Waals surface area (Å²) in [4.78, 5) is 14.9. The summed E-state index contributed by atoms with van der Waals surface area (Å²) >= 11 is 3.34. The van der Waals surface area contributed by atoms with Gasteiger partial charge in [0.15, 0.2) is 0 Å². The highest BCUT2D eigenvalue weighted by molar-refractivity contribution is 9.10. The van der Waals surface area contributed by atoms with Crippen molar-refractivity contribution in [2.24, 2.45) is 0 Å². The molecule has 0 atom stereocenters. The van der Waals surface area contributed by atoms with Gasteiger partial charge in [-0.3, -0.25) is 0 Å². The number of carbonyl (C=O) groups is 1. The number of carboxylic acids is 1. The molecule has 0 spiro atoms. The van der Waals surface area contributed by atoms with Gasteiger partial charge in [0.1, 0.15) is 5.75 Å². The van der Waals surface area contributed by atoms with Crippen molar-refractivity contribution in [3.8, 4) is 11.6 Å². The van der Waals surface area contributed by atoms with E-state index in [9.17, 15) is 4.79 Å². The van der Waals surface area contributed by atoms with Crippen LogP contribution in [0.4, 0.5) is 0 Å². The molecule has 0 bridgehead atoms. The zero-order valence-electron chi connectivity index (χ0n) is 9.55. The first-order valence-electron chi connectivity index (χ1n) is 5.20. The number of aromatic nitrogens is 1. The quantitative estimate of drug-likeness (QED) is 0.940. The molecule has 18 heavy (non-hydrogen) atoms. The second-order valence-electron chi connectivity index (χ2n) is 3.65. The summed E-state index contributed by atoms with van der Waals surface area (Å²) in [7, 11) is 0. The summed E-state index contributed by atoms with van der Waals surface area (Å²) < 4.78 is 6.44. The van der Waals surface area contributed by atoms with E-state index in [-0.39, 0.29) is 5.56 Å². The predicted octanol–water partition coefficient (Wildman–Crippen LogP) is 3.64. The Morgan fingerprint density at radius 3 is 2.72 bits per heavy atom. The van der Waals surface area contributed by atoms with Gasteiger partial charge in [0, 0.05) is 10.5 Å². The molecule has 92 valence electrons. The molecule has 0 aliphatic rings. The second kappa shape index (κ2) is 5.18. The molecule has 5 heteroatoms. The van der Waals surface area contributed by atoms with Gasteiger partial charge in [-0.2, -0.15) is 0 Å². The zero-order chi connectivity index (χ0) is 13.1. The third-order valence-corrected chi connectivity index (χ3v) is 2.80. The fourth-order valence-electron chi connectivity index (χ4n) is 1.47. The summed E-state index contributed by atoms with van der Waals surface area (Å²) in [6.45, 7) is 1.64. The van der Waals surface area contributed by atoms with Crippen molar-refractivity contribution in [3.05, 3.63) is 52.1 Å². The van der Waals surface area contributed by atoms with E-state index in [1.807, 2.05) is 18.2 Å². The fraction of sp³-hybridized carbons (Fsp3) is 0.0769. The van der Waals surface area contributed by atoms with Crippen LogP contribution in [-0.4, -0.2) is 16.1 Å². The maximum absolute atomic E-state index is 10.8. The number of ether oxygens (including phenoxy) is 1. The molecule has 0 aliphatic carbocycles. The van der Waals surface area contributed by atoms with Gasteiger partial charge in [0.2, 0.25) is 5.88 Å². The number of pyridine rings is 1. The molecule has 0 fully saturated rings. The molecular weight excluding hydrogens is 298 g/mol. The minimum Gasteiger partial charge on any atom is -0.478 e. The third-order valence-electron chi connectivity index (χ3n) is 2.31. The van der Waals surface area contributed by atoms with E-state index in [1.165, 1.54) is 12.1 Å². The Balaban J connectivity index is 2.25. The van der Waals surface area contributed by atoms with Crippen molar-refractivity contribution in [1.29, 1.82) is 0 Å². The van der Waals surface area contributed by atoms with Gasteiger partial charge in [0.05, 0.1) is 11.3 Å². The lowest BCUT2D eigenvalue weighted by molar-refractivity contribution is 0.0695. The van der Waals surface area contributed by atoms with Crippen LogP contribution in [0.3, 0.4) is 0 Å². The summed E-state index contributed by atoms with van der Waals surface area (Å²) in [6.07, 6.45) is 0. The molecule has 0 unspecified atom stereocenters. The minimum absolute atomic E-state index is 0.177. The maximum atomic E-state index is 10.8. The molecule has 0 aliphatic heterocycles. The number of carboxylic acid groups (broad SMARTS) is 1. The molecule has 2 aromatic rings. The lowest BCUT2D eigenvalue weighted by Gasteiger charge is -2.07. The second-order valence-corrected chi connectivity index (χ2v) is 4.56. The summed E-state index contributed by atoms with van der Waals surface area (Å²) in [5.74, 6) is 0.0176. The average Bonchev–Trinajstić information content (AvgIpc) is 2.28. The fourth-order valence-corrected chi connectivity index (χ4v) is 1.85. The van der Waals surface area contributed by atoms with Crippen molar-refractivity contribution in [3.63, 3.8) is 0 Å². The van der Waals surface area contributed by atoms with Crippen LogP contribution in [0.2, 0.25) is 0 Å². The molecule has 0 saturated carbocycles. The number of hydrogen-bond donors (Lipinski definition) is 1. The Kier molecular flexibility index (Phi) is 3.62. The van der Waals surface area contributed by atoms with Crippen molar-refractivity contribution in [2.75, 3.05) is 0 Å². The number of halogens is 1. The van der Waals surface area contributed by atoms with Crippen LogP contribution in [0.15, 0.2) is 40.9 Å². The van der Waals surface area contributed by atoms with E-state index < -0.39 is 5.97 Å². The predicted molar refractivity (Wildman–Crippen MR) is 70.1 cm³/mol. The molecule has 0 saturated heterocycles. The van der Waals surface area contributed by atoms with E-state index in [1.54, 1.807) is 13.0 Å². The average molecular weight is 308 g/mol. The molecule has 4 nitrogen and oxygen atoms in total. The number of aryl methyl sites for hydroxylation is 1. The topological polar surface area (TPSA) is 59.4 Å². The molecule has 1 aromatic heterocycles. The van der Waals surface area contributed by atoms with Gasteiger partial charge in [-0.05, 0) is 31.2 Å². The Bertz CT molecular complexity index is 599. The van der Waals surface area contributed by atoms with E-state index in [0.717, 1.165) is 4.47 Å². The SMILES string of the molecule is Cc1nc(Oc2cccc(Br)c2)ccc1C(=O)O. The lowest BCUT2D eigenvalue weighted by Crippen LogP contribution is -2.02. The highest BCUT2D eigenvalue weighted by Crippen LogP contribution is 2.23. The van der Waals surface area contributed by atoms with Gasteiger partial charge in [-0.1, -0.05) is 22.0 Å². The number of nitrogens with zero attached hydrogens (tertiary/aromatic N) is 1. The number of rotatable bonds is 3. The van der Waals surface area contributed by atoms with E-state index >= 15 is 0 Å². The maximum Gasteiger partial charge on any atom is 0.337 e. The zero-order valence-corrected chi connectivity index (χ0v) is 11.1. The van der Waals surface area contributed by atoms with E-state index in [0.29, 0.717) is 17.3 Å². The number of benzene rings is 1. The first-order valence-corrected chi connectivity index (χ1v) is 6.00. The van der Waals surface area contributed by atoms with Crippen molar-refractivity contribution >= 4 is 21.9 Å². The smallest absolute Gasteiger partial charge is 0.337 e. The van der Waals surface area contributed by atoms with Gasteiger partial charge in [0.25, 0.3) is 0 Å². The highest BCUT2D eigenvalue weighted by Gasteiger charge is 2.09. The van der Waals surface area contributed by atoms with Crippen LogP contribution in [-0.2, 0) is 0 Å². The van der Waals surface area contributed by atoms with Gasteiger partial charge >= 0.3 is 5.97 Å². The van der Waals surface area contributed by atoms with Gasteiger partial charge in [-0.25, -0.2) is 9.78 Å². The van der Waals surface area contributed by atoms with Crippen molar-refractivity contribution in [1.82, 2.24) is 4.98 Å². The van der Waals surface area contributed by atoms with Crippen molar-refractivity contribution < 1.29 is 14.6 Å². The van der Waals surface area contributed by atoms with Crippen LogP contribution >= 0.6 is 15.9 Å². The van der Waals surface area contributed by atoms with Crippen LogP contribution in [0, 0.1) is 6.92 Å². The van der Waals surface area contributed by atoms with Gasteiger partial charge in [-0.15, -0.1) is 0 Å². The molecule has 1 heterocycles. The van der Waals surface area contributed by atoms with Crippen LogP contribution < -0.4 is 4.74 Å². The Morgan fingerprint density at radius 1 is 1.33 bits per heavy atom. The summed E-state index contributed by atoms with van der Waals surface area (Å²) in [6, 6.07) is 10.4. The Morgan fingerprint density at radius 2 is 2.11 bits per heavy atom. The summed E-state index contributed by atoms with van der Waals surface area (Å²) in [5.41, 5.74) is 0.603. The van der Waals surface area contributed by atoms with Crippen LogP contribution in [0.5, 0.6) is 11.6 Å². The van der Waals surface area contributed by atoms with Crippen LogP contribution in [0.1, 0.15) is 16.1 Å². The third kappa shape index (κ3) is 2.87. The van der Waals surface area contributed by atoms with Gasteiger partial charge < -0.3 is 9.84 Å².